The zero-order valence-electron chi connectivity index (χ0n) is 18.9. The van der Waals surface area contributed by atoms with Gasteiger partial charge in [-0.25, -0.2) is 0 Å². The quantitative estimate of drug-likeness (QED) is 0.275. The van der Waals surface area contributed by atoms with Gasteiger partial charge in [-0.2, -0.15) is 11.3 Å². The Balaban J connectivity index is 1.66. The standard InChI is InChI=1S/C30H30S/c1-24(10-6-5-7-18-30(2,3)4)20-27-13-8-11-25(21-27)15-16-26-12-9-14-28(22-26)29-17-19-31-23-29/h5-6,8-9,11-17,19-23H,10H2,1-4H3. The highest BCUT2D eigenvalue weighted by molar-refractivity contribution is 7.08. The van der Waals surface area contributed by atoms with Gasteiger partial charge in [-0.05, 0) is 97.0 Å². The summed E-state index contributed by atoms with van der Waals surface area (Å²) in [5.41, 5.74) is 7.54. The highest BCUT2D eigenvalue weighted by Crippen LogP contribution is 2.24. The second kappa shape index (κ2) is 10.8. The maximum absolute atomic E-state index is 3.23. The van der Waals surface area contributed by atoms with Gasteiger partial charge in [0.05, 0.1) is 0 Å². The van der Waals surface area contributed by atoms with Gasteiger partial charge in [0, 0.05) is 5.41 Å². The molecule has 156 valence electrons. The molecule has 0 amide bonds. The van der Waals surface area contributed by atoms with Crippen LogP contribution in [-0.2, 0) is 0 Å². The molecule has 0 radical (unpaired) electrons. The van der Waals surface area contributed by atoms with Gasteiger partial charge in [0.25, 0.3) is 0 Å². The van der Waals surface area contributed by atoms with Gasteiger partial charge in [0.2, 0.25) is 0 Å². The van der Waals surface area contributed by atoms with Crippen molar-refractivity contribution in [3.8, 4) is 23.0 Å². The van der Waals surface area contributed by atoms with Crippen molar-refractivity contribution in [3.63, 3.8) is 0 Å². The van der Waals surface area contributed by atoms with E-state index in [4.69, 9.17) is 0 Å². The summed E-state index contributed by atoms with van der Waals surface area (Å²) < 4.78 is 0. The summed E-state index contributed by atoms with van der Waals surface area (Å²) in [5.74, 6) is 6.36. The van der Waals surface area contributed by atoms with Gasteiger partial charge in [0.15, 0.2) is 0 Å². The molecule has 1 heterocycles. The van der Waals surface area contributed by atoms with E-state index in [1.54, 1.807) is 11.3 Å². The molecule has 0 unspecified atom stereocenters. The van der Waals surface area contributed by atoms with Crippen LogP contribution in [-0.4, -0.2) is 0 Å². The second-order valence-electron chi connectivity index (χ2n) is 8.76. The highest BCUT2D eigenvalue weighted by atomic mass is 32.1. The van der Waals surface area contributed by atoms with Crippen LogP contribution in [0.15, 0.2) is 83.1 Å². The van der Waals surface area contributed by atoms with Crippen LogP contribution in [0.3, 0.4) is 0 Å². The number of hydrogen-bond donors (Lipinski definition) is 0. The maximum atomic E-state index is 3.23. The van der Waals surface area contributed by atoms with E-state index < -0.39 is 0 Å². The number of hydrogen-bond acceptors (Lipinski definition) is 1. The molecule has 0 aliphatic heterocycles. The Kier molecular flexibility index (Phi) is 7.88. The minimum absolute atomic E-state index is 0.0500. The van der Waals surface area contributed by atoms with Gasteiger partial charge >= 0.3 is 0 Å². The molecule has 0 nitrogen and oxygen atoms in total. The van der Waals surface area contributed by atoms with E-state index in [1.807, 2.05) is 6.08 Å². The minimum Gasteiger partial charge on any atom is -0.152 e. The summed E-state index contributed by atoms with van der Waals surface area (Å²) in [4.78, 5) is 0. The predicted octanol–water partition coefficient (Wildman–Crippen LogP) is 8.98. The fourth-order valence-corrected chi connectivity index (χ4v) is 3.77. The van der Waals surface area contributed by atoms with Crippen LogP contribution in [0.5, 0.6) is 0 Å². The van der Waals surface area contributed by atoms with Gasteiger partial charge in [0.1, 0.15) is 0 Å². The van der Waals surface area contributed by atoms with E-state index in [0.717, 1.165) is 6.42 Å². The molecule has 3 aromatic rings. The van der Waals surface area contributed by atoms with Crippen molar-refractivity contribution in [2.75, 3.05) is 0 Å². The summed E-state index contributed by atoms with van der Waals surface area (Å²) in [7, 11) is 0. The molecular weight excluding hydrogens is 392 g/mol. The van der Waals surface area contributed by atoms with Crippen molar-refractivity contribution in [2.45, 2.75) is 34.1 Å². The fraction of sp³-hybridized carbons (Fsp3) is 0.200. The molecular formula is C30H30S. The van der Waals surface area contributed by atoms with Crippen LogP contribution >= 0.6 is 11.3 Å². The lowest BCUT2D eigenvalue weighted by molar-refractivity contribution is 0.571. The number of benzene rings is 2. The van der Waals surface area contributed by atoms with E-state index >= 15 is 0 Å². The molecule has 0 fully saturated rings. The Bertz CT molecular complexity index is 1140. The van der Waals surface area contributed by atoms with E-state index in [9.17, 15) is 0 Å². The summed E-state index contributed by atoms with van der Waals surface area (Å²) in [6.07, 6.45) is 11.6. The van der Waals surface area contributed by atoms with E-state index in [0.29, 0.717) is 0 Å². The average Bonchev–Trinajstić information content (AvgIpc) is 3.27. The Morgan fingerprint density at radius 2 is 1.61 bits per heavy atom. The van der Waals surface area contributed by atoms with Gasteiger partial charge in [-0.1, -0.05) is 78.1 Å². The molecule has 1 aromatic heterocycles. The van der Waals surface area contributed by atoms with Crippen molar-refractivity contribution >= 4 is 29.6 Å². The Labute approximate surface area is 191 Å². The fourth-order valence-electron chi connectivity index (χ4n) is 3.10. The molecule has 0 bridgehead atoms. The van der Waals surface area contributed by atoms with Gasteiger partial charge in [-0.3, -0.25) is 0 Å². The molecule has 3 rings (SSSR count). The third-order valence-corrected chi connectivity index (χ3v) is 5.30. The van der Waals surface area contributed by atoms with E-state index in [2.05, 4.69) is 129 Å². The summed E-state index contributed by atoms with van der Waals surface area (Å²) in [5, 5.41) is 4.31. The molecule has 1 heteroatoms. The zero-order chi connectivity index (χ0) is 22.1. The van der Waals surface area contributed by atoms with Crippen LogP contribution in [0.25, 0.3) is 29.4 Å². The second-order valence-corrected chi connectivity index (χ2v) is 9.54. The molecule has 2 aromatic carbocycles. The third kappa shape index (κ3) is 7.93. The first kappa shape index (κ1) is 22.6. The van der Waals surface area contributed by atoms with E-state index in [1.165, 1.54) is 33.4 Å². The molecule has 0 N–H and O–H groups in total. The van der Waals surface area contributed by atoms with E-state index in [-0.39, 0.29) is 5.41 Å². The smallest absolute Gasteiger partial charge is 0.0233 e. The van der Waals surface area contributed by atoms with Gasteiger partial charge < -0.3 is 0 Å². The third-order valence-electron chi connectivity index (χ3n) is 4.62. The number of rotatable bonds is 6. The molecule has 0 atom stereocenters. The average molecular weight is 423 g/mol. The molecule has 0 aliphatic rings. The van der Waals surface area contributed by atoms with Crippen molar-refractivity contribution in [1.82, 2.24) is 0 Å². The normalized spacial score (nSPS) is 12.3. The molecule has 31 heavy (non-hydrogen) atoms. The van der Waals surface area contributed by atoms with Crippen molar-refractivity contribution in [3.05, 3.63) is 99.8 Å². The molecule has 0 spiro atoms. The first-order valence-electron chi connectivity index (χ1n) is 10.6. The Morgan fingerprint density at radius 1 is 0.903 bits per heavy atom. The Morgan fingerprint density at radius 3 is 2.32 bits per heavy atom. The summed E-state index contributed by atoms with van der Waals surface area (Å²) in [6.45, 7) is 8.54. The van der Waals surface area contributed by atoms with Crippen LogP contribution in [0.1, 0.15) is 50.8 Å². The molecule has 0 saturated heterocycles. The topological polar surface area (TPSA) is 0 Å². The lowest BCUT2D eigenvalue weighted by atomic mass is 9.98. The minimum atomic E-state index is 0.0500. The van der Waals surface area contributed by atoms with Crippen molar-refractivity contribution in [1.29, 1.82) is 0 Å². The maximum Gasteiger partial charge on any atom is 0.0233 e. The van der Waals surface area contributed by atoms with Crippen molar-refractivity contribution < 1.29 is 0 Å². The highest BCUT2D eigenvalue weighted by Gasteiger charge is 2.02. The van der Waals surface area contributed by atoms with Crippen LogP contribution in [0.4, 0.5) is 0 Å². The van der Waals surface area contributed by atoms with Crippen LogP contribution < -0.4 is 0 Å². The SMILES string of the molecule is CC(=Cc1cccc(C=Cc2cccc(-c3ccsc3)c2)c1)CC=CC#CC(C)(C)C. The first-order chi connectivity index (χ1) is 14.9. The number of thiophene rings is 1. The predicted molar refractivity (Wildman–Crippen MR) is 140 cm³/mol. The Hall–Kier alpha value is -3.08. The largest absolute Gasteiger partial charge is 0.152 e. The summed E-state index contributed by atoms with van der Waals surface area (Å²) in [6, 6.07) is 19.5. The van der Waals surface area contributed by atoms with Crippen molar-refractivity contribution in [2.24, 2.45) is 5.41 Å². The molecule has 0 saturated carbocycles. The lowest BCUT2D eigenvalue weighted by Crippen LogP contribution is -1.98. The first-order valence-corrected chi connectivity index (χ1v) is 11.6. The zero-order valence-corrected chi connectivity index (χ0v) is 19.7. The number of allylic oxidation sites excluding steroid dienone is 3. The van der Waals surface area contributed by atoms with Crippen LogP contribution in [0.2, 0.25) is 0 Å². The molecule has 0 aliphatic carbocycles. The monoisotopic (exact) mass is 422 g/mol. The van der Waals surface area contributed by atoms with Crippen LogP contribution in [0, 0.1) is 17.3 Å². The lowest BCUT2D eigenvalue weighted by Gasteiger charge is -2.05. The van der Waals surface area contributed by atoms with Gasteiger partial charge in [-0.15, -0.1) is 0 Å². The summed E-state index contributed by atoms with van der Waals surface area (Å²) >= 11 is 1.73.